The van der Waals surface area contributed by atoms with Crippen LogP contribution in [0, 0.1) is 8.99 Å². The molecule has 1 saturated carbocycles. The van der Waals surface area contributed by atoms with Crippen molar-refractivity contribution in [1.29, 1.82) is 0 Å². The minimum absolute atomic E-state index is 0.154. The van der Waals surface area contributed by atoms with Crippen molar-refractivity contribution >= 4 is 47.4 Å². The Balaban J connectivity index is 1.61. The van der Waals surface area contributed by atoms with Gasteiger partial charge in [-0.25, -0.2) is 0 Å². The molecule has 2 aliphatic carbocycles. The van der Waals surface area contributed by atoms with Crippen LogP contribution in [0.1, 0.15) is 35.6 Å². The maximum Gasteiger partial charge on any atom is 0.314 e. The first-order chi connectivity index (χ1) is 13.7. The highest BCUT2D eigenvalue weighted by Crippen LogP contribution is 2.44. The van der Waals surface area contributed by atoms with Crippen molar-refractivity contribution < 1.29 is 14.3 Å². The maximum atomic E-state index is 12.8. The van der Waals surface area contributed by atoms with Gasteiger partial charge in [0, 0.05) is 41.4 Å². The monoisotopic (exact) mass is 523 g/mol. The summed E-state index contributed by atoms with van der Waals surface area (Å²) in [5.74, 6) is 0.482. The van der Waals surface area contributed by atoms with Crippen molar-refractivity contribution in [2.75, 3.05) is 20.3 Å². The minimum Gasteiger partial charge on any atom is -0.469 e. The van der Waals surface area contributed by atoms with Crippen molar-refractivity contribution in [3.8, 4) is 0 Å². The molecule has 1 unspecified atom stereocenters. The van der Waals surface area contributed by atoms with Crippen LogP contribution in [0.3, 0.4) is 0 Å². The molecule has 1 aromatic carbocycles. The molecule has 4 rings (SSSR count). The predicted molar refractivity (Wildman–Crippen MR) is 127 cm³/mol. The van der Waals surface area contributed by atoms with Gasteiger partial charge in [0.15, 0.2) is 0 Å². The molecular weight excluding hydrogens is 493 g/mol. The summed E-state index contributed by atoms with van der Waals surface area (Å²) in [6.07, 6.45) is 5.88. The number of esters is 1. The van der Waals surface area contributed by atoms with Crippen LogP contribution >= 0.6 is 22.6 Å². The summed E-state index contributed by atoms with van der Waals surface area (Å²) in [6.45, 7) is 8.18. The number of carbonyl (C=O) groups is 1. The van der Waals surface area contributed by atoms with Gasteiger partial charge in [-0.2, -0.15) is 0 Å². The molecule has 0 N–H and O–H groups in total. The van der Waals surface area contributed by atoms with E-state index in [9.17, 15) is 4.79 Å². The number of aromatic nitrogens is 1. The Bertz CT molecular complexity index is 951. The van der Waals surface area contributed by atoms with Crippen LogP contribution < -0.4 is 0 Å². The number of pyridine rings is 1. The third-order valence-corrected chi connectivity index (χ3v) is 9.14. The van der Waals surface area contributed by atoms with Gasteiger partial charge < -0.3 is 9.47 Å². The average Bonchev–Trinajstić information content (AvgIpc) is 3.45. The molecule has 1 atom stereocenters. The number of rotatable bonds is 7. The first kappa shape index (κ1) is 21.2. The molecule has 0 aliphatic heterocycles. The Hall–Kier alpha value is -0.993. The van der Waals surface area contributed by atoms with E-state index in [1.54, 1.807) is 0 Å². The number of methoxy groups -OCH3 is 1. The molecule has 1 aromatic heterocycles. The molecule has 0 bridgehead atoms. The number of halogens is 1. The molecule has 0 amide bonds. The molecule has 1 heterocycles. The second-order valence-electron chi connectivity index (χ2n) is 9.92. The van der Waals surface area contributed by atoms with Crippen LogP contribution in [-0.2, 0) is 27.1 Å². The number of hydrogen-bond acceptors (Lipinski definition) is 4. The van der Waals surface area contributed by atoms with Crippen LogP contribution in [-0.4, -0.2) is 39.4 Å². The maximum absolute atomic E-state index is 12.8. The van der Waals surface area contributed by atoms with E-state index in [2.05, 4.69) is 54.4 Å². The quantitative estimate of drug-likeness (QED) is 0.213. The van der Waals surface area contributed by atoms with E-state index in [1.807, 2.05) is 6.20 Å². The van der Waals surface area contributed by atoms with Gasteiger partial charge in [0.2, 0.25) is 0 Å². The topological polar surface area (TPSA) is 48.4 Å². The van der Waals surface area contributed by atoms with Crippen LogP contribution in [0.15, 0.2) is 18.3 Å². The Labute approximate surface area is 187 Å². The highest BCUT2D eigenvalue weighted by atomic mass is 127. The molecule has 4 nitrogen and oxygen atoms in total. The SMILES string of the molecule is COC(=O)C1(COCC[Si](C)(C)C)Cc2cc3cnc(C4CC4)cc3c(I)c2C1. The van der Waals surface area contributed by atoms with Gasteiger partial charge in [0.25, 0.3) is 0 Å². The van der Waals surface area contributed by atoms with Gasteiger partial charge in [-0.15, -0.1) is 0 Å². The summed E-state index contributed by atoms with van der Waals surface area (Å²) >= 11 is 2.46. The fourth-order valence-electron chi connectivity index (χ4n) is 4.25. The van der Waals surface area contributed by atoms with E-state index < -0.39 is 13.5 Å². The fraction of sp³-hybridized carbons (Fsp3) is 0.565. The minimum atomic E-state index is -1.16. The molecule has 6 heteroatoms. The second kappa shape index (κ2) is 7.93. The highest BCUT2D eigenvalue weighted by molar-refractivity contribution is 14.1. The van der Waals surface area contributed by atoms with Gasteiger partial charge >= 0.3 is 5.97 Å². The summed E-state index contributed by atoms with van der Waals surface area (Å²) in [6, 6.07) is 5.59. The van der Waals surface area contributed by atoms with E-state index in [1.165, 1.54) is 45.7 Å². The Morgan fingerprint density at radius 2 is 2.03 bits per heavy atom. The van der Waals surface area contributed by atoms with Gasteiger partial charge in [-0.05, 0) is 83.0 Å². The zero-order valence-electron chi connectivity index (χ0n) is 17.8. The number of carbonyl (C=O) groups excluding carboxylic acids is 1. The molecule has 156 valence electrons. The summed E-state index contributed by atoms with van der Waals surface area (Å²) in [5.41, 5.74) is 3.12. The van der Waals surface area contributed by atoms with Crippen molar-refractivity contribution in [3.05, 3.63) is 38.7 Å². The molecule has 0 radical (unpaired) electrons. The highest BCUT2D eigenvalue weighted by Gasteiger charge is 2.46. The Morgan fingerprint density at radius 1 is 1.28 bits per heavy atom. The van der Waals surface area contributed by atoms with Gasteiger partial charge in [0.05, 0.1) is 19.1 Å². The van der Waals surface area contributed by atoms with Crippen molar-refractivity contribution in [2.45, 2.75) is 57.3 Å². The van der Waals surface area contributed by atoms with E-state index in [-0.39, 0.29) is 5.97 Å². The lowest BCUT2D eigenvalue weighted by molar-refractivity contribution is -0.156. The molecule has 29 heavy (non-hydrogen) atoms. The van der Waals surface area contributed by atoms with Crippen LogP contribution in [0.2, 0.25) is 25.7 Å². The number of benzene rings is 1. The lowest BCUT2D eigenvalue weighted by Gasteiger charge is -2.26. The lowest BCUT2D eigenvalue weighted by Crippen LogP contribution is -2.38. The smallest absolute Gasteiger partial charge is 0.314 e. The second-order valence-corrected chi connectivity index (χ2v) is 16.6. The number of nitrogens with zero attached hydrogens (tertiary/aromatic N) is 1. The normalized spacial score (nSPS) is 21.4. The van der Waals surface area contributed by atoms with Gasteiger partial charge in [-0.3, -0.25) is 9.78 Å². The zero-order chi connectivity index (χ0) is 20.8. The van der Waals surface area contributed by atoms with E-state index >= 15 is 0 Å². The molecule has 2 aromatic rings. The van der Waals surface area contributed by atoms with E-state index in [4.69, 9.17) is 14.5 Å². The molecule has 0 spiro atoms. The molecule has 1 fully saturated rings. The average molecular weight is 523 g/mol. The van der Waals surface area contributed by atoms with Gasteiger partial charge in [-0.1, -0.05) is 19.6 Å². The first-order valence-corrected chi connectivity index (χ1v) is 15.3. The largest absolute Gasteiger partial charge is 0.469 e. The van der Waals surface area contributed by atoms with Crippen molar-refractivity contribution in [2.24, 2.45) is 5.41 Å². The van der Waals surface area contributed by atoms with Crippen molar-refractivity contribution in [3.63, 3.8) is 0 Å². The lowest BCUT2D eigenvalue weighted by atomic mass is 9.85. The van der Waals surface area contributed by atoms with Crippen LogP contribution in [0.5, 0.6) is 0 Å². The number of hydrogen-bond donors (Lipinski definition) is 0. The van der Waals surface area contributed by atoms with Crippen molar-refractivity contribution in [1.82, 2.24) is 4.98 Å². The van der Waals surface area contributed by atoms with Crippen LogP contribution in [0.25, 0.3) is 10.8 Å². The third kappa shape index (κ3) is 4.39. The van der Waals surface area contributed by atoms with Crippen LogP contribution in [0.4, 0.5) is 0 Å². The van der Waals surface area contributed by atoms with Gasteiger partial charge in [0.1, 0.15) is 0 Å². The summed E-state index contributed by atoms with van der Waals surface area (Å²) in [5, 5.41) is 2.43. The summed E-state index contributed by atoms with van der Waals surface area (Å²) < 4.78 is 12.6. The zero-order valence-corrected chi connectivity index (χ0v) is 21.0. The summed E-state index contributed by atoms with van der Waals surface area (Å²) in [4.78, 5) is 17.5. The fourth-order valence-corrected chi connectivity index (χ4v) is 6.01. The number of fused-ring (bicyclic) bond motifs is 2. The Kier molecular flexibility index (Phi) is 5.81. The third-order valence-electron chi connectivity index (χ3n) is 6.21. The standard InChI is InChI=1S/C23H30INO3Si/c1-27-22(26)23(14-28-7-8-29(2,3)4)11-16-9-17-13-25-20(15-5-6-15)10-18(17)21(24)19(16)12-23/h9-10,13,15H,5-8,11-12,14H2,1-4H3. The Morgan fingerprint density at radius 3 is 2.69 bits per heavy atom. The number of ether oxygens (including phenoxy) is 2. The molecule has 2 aliphatic rings. The predicted octanol–water partition coefficient (Wildman–Crippen LogP) is 5.33. The summed E-state index contributed by atoms with van der Waals surface area (Å²) in [7, 11) is 0.330. The first-order valence-electron chi connectivity index (χ1n) is 10.5. The molecule has 0 saturated heterocycles. The van der Waals surface area contributed by atoms with E-state index in [0.29, 0.717) is 25.4 Å². The van der Waals surface area contributed by atoms with E-state index in [0.717, 1.165) is 18.0 Å². The molecular formula is C23H30INO3Si.